The Morgan fingerprint density at radius 1 is 1.33 bits per heavy atom. The minimum Gasteiger partial charge on any atom is -0.372 e. The summed E-state index contributed by atoms with van der Waals surface area (Å²) in [6, 6.07) is 8.54. The maximum Gasteiger partial charge on any atom is 0.0724 e. The van der Waals surface area contributed by atoms with Gasteiger partial charge in [0.15, 0.2) is 0 Å². The molecule has 3 nitrogen and oxygen atoms in total. The van der Waals surface area contributed by atoms with Gasteiger partial charge in [-0.1, -0.05) is 31.2 Å². The number of rotatable bonds is 6. The van der Waals surface area contributed by atoms with Gasteiger partial charge in [0.1, 0.15) is 0 Å². The fourth-order valence-corrected chi connectivity index (χ4v) is 2.37. The Morgan fingerprint density at radius 2 is 2.11 bits per heavy atom. The van der Waals surface area contributed by atoms with Crippen molar-refractivity contribution in [1.82, 2.24) is 10.2 Å². The van der Waals surface area contributed by atoms with Crippen molar-refractivity contribution >= 4 is 0 Å². The zero-order valence-corrected chi connectivity index (χ0v) is 11.5. The van der Waals surface area contributed by atoms with Crippen molar-refractivity contribution in [2.45, 2.75) is 32.6 Å². The van der Waals surface area contributed by atoms with Gasteiger partial charge in [0.25, 0.3) is 0 Å². The SMILES string of the molecule is CCNCc1ccccc1COC1CCN(C)C1. The molecule has 1 unspecified atom stereocenters. The molecule has 100 valence electrons. The predicted octanol–water partition coefficient (Wildman–Crippen LogP) is 2.02. The number of ether oxygens (including phenoxy) is 1. The standard InChI is InChI=1S/C15H24N2O/c1-3-16-10-13-6-4-5-7-14(13)12-18-15-8-9-17(2)11-15/h4-7,15-16H,3,8-12H2,1-2H3. The van der Waals surface area contributed by atoms with Gasteiger partial charge in [-0.3, -0.25) is 0 Å². The molecule has 1 aromatic carbocycles. The Bertz CT molecular complexity index is 367. The van der Waals surface area contributed by atoms with E-state index in [0.717, 1.165) is 39.2 Å². The van der Waals surface area contributed by atoms with E-state index in [1.165, 1.54) is 11.1 Å². The van der Waals surface area contributed by atoms with E-state index in [9.17, 15) is 0 Å². The number of likely N-dealkylation sites (N-methyl/N-ethyl adjacent to an activating group) is 1. The summed E-state index contributed by atoms with van der Waals surface area (Å²) in [6.45, 7) is 7.02. The molecular formula is C15H24N2O. The summed E-state index contributed by atoms with van der Waals surface area (Å²) in [7, 11) is 2.16. The van der Waals surface area contributed by atoms with E-state index in [1.54, 1.807) is 0 Å². The quantitative estimate of drug-likeness (QED) is 0.833. The van der Waals surface area contributed by atoms with Crippen molar-refractivity contribution in [1.29, 1.82) is 0 Å². The van der Waals surface area contributed by atoms with E-state index < -0.39 is 0 Å². The van der Waals surface area contributed by atoms with E-state index >= 15 is 0 Å². The lowest BCUT2D eigenvalue weighted by Crippen LogP contribution is -2.19. The first kappa shape index (κ1) is 13.5. The smallest absolute Gasteiger partial charge is 0.0724 e. The molecule has 1 aliphatic heterocycles. The Kier molecular flexibility index (Phi) is 5.17. The topological polar surface area (TPSA) is 24.5 Å². The van der Waals surface area contributed by atoms with Crippen LogP contribution in [0.15, 0.2) is 24.3 Å². The number of nitrogens with zero attached hydrogens (tertiary/aromatic N) is 1. The molecule has 0 saturated carbocycles. The van der Waals surface area contributed by atoms with Crippen molar-refractivity contribution in [2.75, 3.05) is 26.7 Å². The highest BCUT2D eigenvalue weighted by molar-refractivity contribution is 5.26. The van der Waals surface area contributed by atoms with Crippen LogP contribution in [0.25, 0.3) is 0 Å². The molecule has 18 heavy (non-hydrogen) atoms. The van der Waals surface area contributed by atoms with E-state index in [1.807, 2.05) is 0 Å². The van der Waals surface area contributed by atoms with Crippen LogP contribution in [-0.4, -0.2) is 37.7 Å². The van der Waals surface area contributed by atoms with E-state index in [2.05, 4.69) is 48.5 Å². The Balaban J connectivity index is 1.88. The van der Waals surface area contributed by atoms with Crippen LogP contribution < -0.4 is 5.32 Å². The predicted molar refractivity (Wildman–Crippen MR) is 74.5 cm³/mol. The number of benzene rings is 1. The molecule has 3 heteroatoms. The average Bonchev–Trinajstić information content (AvgIpc) is 2.81. The number of likely N-dealkylation sites (tertiary alicyclic amines) is 1. The molecular weight excluding hydrogens is 224 g/mol. The number of hydrogen-bond acceptors (Lipinski definition) is 3. The van der Waals surface area contributed by atoms with Crippen LogP contribution in [0.2, 0.25) is 0 Å². The van der Waals surface area contributed by atoms with Crippen LogP contribution in [0, 0.1) is 0 Å². The van der Waals surface area contributed by atoms with Gasteiger partial charge in [0, 0.05) is 19.6 Å². The fourth-order valence-electron chi connectivity index (χ4n) is 2.37. The number of hydrogen-bond donors (Lipinski definition) is 1. The molecule has 1 N–H and O–H groups in total. The molecule has 1 saturated heterocycles. The highest BCUT2D eigenvalue weighted by atomic mass is 16.5. The van der Waals surface area contributed by atoms with Gasteiger partial charge < -0.3 is 15.0 Å². The number of nitrogens with one attached hydrogen (secondary N) is 1. The van der Waals surface area contributed by atoms with Gasteiger partial charge in [-0.25, -0.2) is 0 Å². The van der Waals surface area contributed by atoms with Gasteiger partial charge in [0.05, 0.1) is 12.7 Å². The zero-order valence-electron chi connectivity index (χ0n) is 11.5. The van der Waals surface area contributed by atoms with Crippen molar-refractivity contribution in [3.05, 3.63) is 35.4 Å². The molecule has 0 aliphatic carbocycles. The van der Waals surface area contributed by atoms with Crippen molar-refractivity contribution in [3.8, 4) is 0 Å². The first-order valence-electron chi connectivity index (χ1n) is 6.87. The lowest BCUT2D eigenvalue weighted by atomic mass is 10.1. The Morgan fingerprint density at radius 3 is 2.78 bits per heavy atom. The van der Waals surface area contributed by atoms with E-state index in [4.69, 9.17) is 4.74 Å². The van der Waals surface area contributed by atoms with Crippen LogP contribution in [0.1, 0.15) is 24.5 Å². The lowest BCUT2D eigenvalue weighted by molar-refractivity contribution is 0.0479. The molecule has 0 aromatic heterocycles. The van der Waals surface area contributed by atoms with Crippen LogP contribution >= 0.6 is 0 Å². The van der Waals surface area contributed by atoms with Gasteiger partial charge in [-0.2, -0.15) is 0 Å². The van der Waals surface area contributed by atoms with Crippen LogP contribution in [-0.2, 0) is 17.9 Å². The van der Waals surface area contributed by atoms with Gasteiger partial charge in [0.2, 0.25) is 0 Å². The average molecular weight is 248 g/mol. The third-order valence-corrected chi connectivity index (χ3v) is 3.51. The fraction of sp³-hybridized carbons (Fsp3) is 0.600. The summed E-state index contributed by atoms with van der Waals surface area (Å²) in [5.41, 5.74) is 2.67. The minimum atomic E-state index is 0.405. The molecule has 0 spiro atoms. The van der Waals surface area contributed by atoms with Crippen molar-refractivity contribution in [3.63, 3.8) is 0 Å². The molecule has 1 aromatic rings. The summed E-state index contributed by atoms with van der Waals surface area (Å²) < 4.78 is 6.01. The molecule has 0 bridgehead atoms. The lowest BCUT2D eigenvalue weighted by Gasteiger charge is -2.14. The van der Waals surface area contributed by atoms with Crippen molar-refractivity contribution in [2.24, 2.45) is 0 Å². The van der Waals surface area contributed by atoms with Crippen molar-refractivity contribution < 1.29 is 4.74 Å². The van der Waals surface area contributed by atoms with E-state index in [-0.39, 0.29) is 0 Å². The molecule has 1 fully saturated rings. The minimum absolute atomic E-state index is 0.405. The summed E-state index contributed by atoms with van der Waals surface area (Å²) in [5.74, 6) is 0. The third-order valence-electron chi connectivity index (χ3n) is 3.51. The summed E-state index contributed by atoms with van der Waals surface area (Å²) in [4.78, 5) is 2.33. The van der Waals surface area contributed by atoms with Crippen LogP contribution in [0.4, 0.5) is 0 Å². The molecule has 1 atom stereocenters. The zero-order chi connectivity index (χ0) is 12.8. The normalized spacial score (nSPS) is 20.4. The maximum atomic E-state index is 6.01. The van der Waals surface area contributed by atoms with E-state index in [0.29, 0.717) is 6.10 Å². The van der Waals surface area contributed by atoms with Crippen LogP contribution in [0.5, 0.6) is 0 Å². The molecule has 1 aliphatic rings. The monoisotopic (exact) mass is 248 g/mol. The summed E-state index contributed by atoms with van der Waals surface area (Å²) in [6.07, 6.45) is 1.56. The molecule has 0 amide bonds. The van der Waals surface area contributed by atoms with Crippen LogP contribution in [0.3, 0.4) is 0 Å². The first-order valence-corrected chi connectivity index (χ1v) is 6.87. The van der Waals surface area contributed by atoms with Gasteiger partial charge in [-0.15, -0.1) is 0 Å². The Hall–Kier alpha value is -0.900. The highest BCUT2D eigenvalue weighted by Crippen LogP contribution is 2.15. The molecule has 1 heterocycles. The largest absolute Gasteiger partial charge is 0.372 e. The second-order valence-electron chi connectivity index (χ2n) is 5.03. The second kappa shape index (κ2) is 6.88. The molecule has 0 radical (unpaired) electrons. The van der Waals surface area contributed by atoms with Gasteiger partial charge in [-0.05, 0) is 31.1 Å². The highest BCUT2D eigenvalue weighted by Gasteiger charge is 2.19. The Labute approximate surface area is 110 Å². The van der Waals surface area contributed by atoms with Gasteiger partial charge >= 0.3 is 0 Å². The third kappa shape index (κ3) is 3.80. The second-order valence-corrected chi connectivity index (χ2v) is 5.03. The summed E-state index contributed by atoms with van der Waals surface area (Å²) >= 11 is 0. The first-order chi connectivity index (χ1) is 8.79. The molecule has 2 rings (SSSR count). The summed E-state index contributed by atoms with van der Waals surface area (Å²) in [5, 5.41) is 3.38. The maximum absolute atomic E-state index is 6.01.